The monoisotopic (exact) mass is 679 g/mol. The highest BCUT2D eigenvalue weighted by Crippen LogP contribution is 2.61. The van der Waals surface area contributed by atoms with Crippen molar-refractivity contribution in [2.45, 2.75) is 60.6 Å². The second-order valence-corrected chi connectivity index (χ2v) is 16.4. The topological polar surface area (TPSA) is 90.0 Å². The van der Waals surface area contributed by atoms with Crippen LogP contribution in [0, 0.1) is 23.5 Å². The van der Waals surface area contributed by atoms with Crippen molar-refractivity contribution in [1.82, 2.24) is 4.31 Å². The Morgan fingerprint density at radius 2 is 1.76 bits per heavy atom. The fourth-order valence-corrected chi connectivity index (χ4v) is 12.2. The van der Waals surface area contributed by atoms with E-state index < -0.39 is 65.1 Å². The maximum atomic E-state index is 15.9. The molecule has 0 N–H and O–H groups in total. The van der Waals surface area contributed by atoms with Gasteiger partial charge in [-0.05, 0) is 85.7 Å². The molecule has 5 atom stereocenters. The van der Waals surface area contributed by atoms with Crippen LogP contribution in [0.3, 0.4) is 0 Å². The number of hydrogen-bond donors (Lipinski definition) is 0. The first kappa shape index (κ1) is 33.4. The molecule has 0 aromatic heterocycles. The summed E-state index contributed by atoms with van der Waals surface area (Å²) in [6, 6.07) is 13.9. The van der Waals surface area contributed by atoms with Crippen LogP contribution in [0.4, 0.5) is 8.78 Å². The summed E-state index contributed by atoms with van der Waals surface area (Å²) in [4.78, 5) is -0.0805. The van der Waals surface area contributed by atoms with Gasteiger partial charge in [0, 0.05) is 23.5 Å². The molecular weight excluding hydrogens is 644 g/mol. The summed E-state index contributed by atoms with van der Waals surface area (Å²) in [7, 11) is -6.70. The molecule has 1 saturated carbocycles. The zero-order valence-electron chi connectivity index (χ0n) is 24.0. The number of allylic oxidation sites excluding steroid dienone is 1. The normalized spacial score (nSPS) is 27.1. The SMILES string of the molecule is C.C=CC[C@@H]1C[C@@H]2[C@@H](CC[C@@]3(S(=O)(=O)c4ccc(Cl)cc4)c4c(F)ccc(F)c4OC[C@@H]23)N(Cc2ccc(OC)cc2)S1(=O)=O. The lowest BCUT2D eigenvalue weighted by atomic mass is 9.64. The van der Waals surface area contributed by atoms with Gasteiger partial charge in [-0.25, -0.2) is 25.6 Å². The summed E-state index contributed by atoms with van der Waals surface area (Å²) in [5.41, 5.74) is 0.397. The molecule has 2 aliphatic heterocycles. The molecule has 2 heterocycles. The quantitative estimate of drug-likeness (QED) is 0.253. The van der Waals surface area contributed by atoms with Crippen molar-refractivity contribution in [3.8, 4) is 11.5 Å². The highest BCUT2D eigenvalue weighted by Gasteiger charge is 2.65. The molecule has 0 bridgehead atoms. The van der Waals surface area contributed by atoms with Crippen LogP contribution in [-0.2, 0) is 31.2 Å². The zero-order valence-corrected chi connectivity index (χ0v) is 26.3. The summed E-state index contributed by atoms with van der Waals surface area (Å²) in [6.45, 7) is 3.60. The van der Waals surface area contributed by atoms with Crippen LogP contribution in [0.1, 0.15) is 44.2 Å². The number of halogens is 3. The molecular formula is C33H36ClF2NO6S2. The molecule has 2 fully saturated rings. The molecule has 7 nitrogen and oxygen atoms in total. The standard InChI is InChI=1S/C32H32ClF2NO6S2.CH4/c1-3-4-24-17-25-26-19-42-31-28(35)14-13-27(34)30(31)32(26,43(37,38)23-11-7-21(33)8-12-23)16-15-29(25)36(44(24,39)40)18-20-5-9-22(41-2)10-6-20;/h3,5-14,24-26,29H,1,4,15-19H2,2H3;1H4/t24-,25+,26+,29-,32+;/m1./s1. The minimum absolute atomic E-state index is 0. The van der Waals surface area contributed by atoms with Crippen molar-refractivity contribution in [2.75, 3.05) is 13.7 Å². The number of fused-ring (bicyclic) bond motifs is 5. The summed E-state index contributed by atoms with van der Waals surface area (Å²) in [6.07, 6.45) is 1.78. The Kier molecular flexibility index (Phi) is 9.13. The third-order valence-electron chi connectivity index (χ3n) is 9.49. The minimum atomic E-state index is -4.39. The van der Waals surface area contributed by atoms with Crippen LogP contribution in [0.5, 0.6) is 11.5 Å². The van der Waals surface area contributed by atoms with Gasteiger partial charge in [-0.3, -0.25) is 0 Å². The van der Waals surface area contributed by atoms with Crippen LogP contribution in [0.2, 0.25) is 5.02 Å². The highest BCUT2D eigenvalue weighted by molar-refractivity contribution is 7.92. The van der Waals surface area contributed by atoms with E-state index >= 15 is 8.78 Å². The Morgan fingerprint density at radius 1 is 1.09 bits per heavy atom. The van der Waals surface area contributed by atoms with E-state index in [0.717, 1.165) is 17.7 Å². The van der Waals surface area contributed by atoms with Gasteiger partial charge in [-0.15, -0.1) is 6.58 Å². The van der Waals surface area contributed by atoms with Gasteiger partial charge in [0.2, 0.25) is 10.0 Å². The third-order valence-corrected chi connectivity index (χ3v) is 14.6. The van der Waals surface area contributed by atoms with Crippen molar-refractivity contribution in [2.24, 2.45) is 11.8 Å². The predicted molar refractivity (Wildman–Crippen MR) is 170 cm³/mol. The van der Waals surface area contributed by atoms with E-state index in [2.05, 4.69) is 6.58 Å². The first-order chi connectivity index (χ1) is 20.9. The van der Waals surface area contributed by atoms with Gasteiger partial charge in [0.25, 0.3) is 0 Å². The minimum Gasteiger partial charge on any atom is -0.497 e. The molecule has 0 unspecified atom stereocenters. The Hall–Kier alpha value is -2.99. The molecule has 0 spiro atoms. The summed E-state index contributed by atoms with van der Waals surface area (Å²) in [5.74, 6) is -2.97. The van der Waals surface area contributed by atoms with Gasteiger partial charge in [-0.1, -0.05) is 37.2 Å². The molecule has 45 heavy (non-hydrogen) atoms. The average molecular weight is 680 g/mol. The number of ether oxygens (including phenoxy) is 2. The summed E-state index contributed by atoms with van der Waals surface area (Å²) in [5, 5.41) is -0.558. The molecule has 3 aromatic rings. The average Bonchev–Trinajstić information content (AvgIpc) is 3.01. The van der Waals surface area contributed by atoms with Gasteiger partial charge >= 0.3 is 0 Å². The van der Waals surface area contributed by atoms with E-state index in [9.17, 15) is 16.8 Å². The van der Waals surface area contributed by atoms with Crippen LogP contribution >= 0.6 is 11.6 Å². The van der Waals surface area contributed by atoms with Crippen molar-refractivity contribution >= 4 is 31.5 Å². The number of benzene rings is 3. The van der Waals surface area contributed by atoms with Gasteiger partial charge in [0.05, 0.1) is 29.4 Å². The van der Waals surface area contributed by atoms with E-state index in [0.29, 0.717) is 10.8 Å². The van der Waals surface area contributed by atoms with Crippen molar-refractivity contribution < 1.29 is 35.1 Å². The molecule has 0 amide bonds. The number of nitrogens with zero attached hydrogens (tertiary/aromatic N) is 1. The third kappa shape index (κ3) is 5.25. The van der Waals surface area contributed by atoms with Crippen LogP contribution in [-0.4, -0.2) is 46.1 Å². The van der Waals surface area contributed by atoms with E-state index in [-0.39, 0.29) is 56.7 Å². The summed E-state index contributed by atoms with van der Waals surface area (Å²) < 4.78 is 99.4. The van der Waals surface area contributed by atoms with Gasteiger partial charge in [0.15, 0.2) is 21.4 Å². The van der Waals surface area contributed by atoms with Crippen molar-refractivity contribution in [3.05, 3.63) is 101 Å². The van der Waals surface area contributed by atoms with Gasteiger partial charge in [0.1, 0.15) is 16.3 Å². The van der Waals surface area contributed by atoms with Gasteiger partial charge in [-0.2, -0.15) is 4.31 Å². The first-order valence-corrected chi connectivity index (χ1v) is 17.7. The molecule has 3 aromatic carbocycles. The van der Waals surface area contributed by atoms with Crippen LogP contribution in [0.15, 0.2) is 78.2 Å². The lowest BCUT2D eigenvalue weighted by molar-refractivity contribution is 0.0149. The predicted octanol–water partition coefficient (Wildman–Crippen LogP) is 6.90. The van der Waals surface area contributed by atoms with Crippen molar-refractivity contribution in [1.29, 1.82) is 0 Å². The molecule has 1 aliphatic carbocycles. The smallest absolute Gasteiger partial charge is 0.217 e. The van der Waals surface area contributed by atoms with E-state index in [1.807, 2.05) is 0 Å². The fraction of sp³-hybridized carbons (Fsp3) is 0.394. The Bertz CT molecular complexity index is 1800. The van der Waals surface area contributed by atoms with E-state index in [1.54, 1.807) is 31.4 Å². The van der Waals surface area contributed by atoms with E-state index in [4.69, 9.17) is 21.1 Å². The lowest BCUT2D eigenvalue weighted by Crippen LogP contribution is -2.64. The number of sulfonamides is 1. The molecule has 0 radical (unpaired) electrons. The number of rotatable bonds is 7. The maximum Gasteiger partial charge on any atom is 0.217 e. The second-order valence-electron chi connectivity index (χ2n) is 11.6. The highest BCUT2D eigenvalue weighted by atomic mass is 35.5. The van der Waals surface area contributed by atoms with E-state index in [1.165, 1.54) is 34.6 Å². The summed E-state index contributed by atoms with van der Waals surface area (Å²) >= 11 is 6.07. The maximum absolute atomic E-state index is 15.9. The molecule has 6 rings (SSSR count). The van der Waals surface area contributed by atoms with Gasteiger partial charge < -0.3 is 9.47 Å². The van der Waals surface area contributed by atoms with Crippen molar-refractivity contribution in [3.63, 3.8) is 0 Å². The van der Waals surface area contributed by atoms with Crippen LogP contribution in [0.25, 0.3) is 0 Å². The fourth-order valence-electron chi connectivity index (χ4n) is 7.48. The Balaban J connectivity index is 0.00000400. The largest absolute Gasteiger partial charge is 0.497 e. The number of hydrogen-bond acceptors (Lipinski definition) is 6. The molecule has 1 saturated heterocycles. The Labute approximate surface area is 268 Å². The Morgan fingerprint density at radius 3 is 2.40 bits per heavy atom. The number of methoxy groups -OCH3 is 1. The van der Waals surface area contributed by atoms with Crippen LogP contribution < -0.4 is 9.47 Å². The lowest BCUT2D eigenvalue weighted by Gasteiger charge is -2.57. The zero-order chi connectivity index (χ0) is 31.4. The molecule has 242 valence electrons. The molecule has 12 heteroatoms. The first-order valence-electron chi connectivity index (χ1n) is 14.3. The second kappa shape index (κ2) is 12.3. The molecule has 3 aliphatic rings. The number of sulfone groups is 1.